The average molecular weight is 367 g/mol. The maximum absolute atomic E-state index is 12.4. The summed E-state index contributed by atoms with van der Waals surface area (Å²) in [6, 6.07) is 6.66. The van der Waals surface area contributed by atoms with Gasteiger partial charge in [0, 0.05) is 10.2 Å². The van der Waals surface area contributed by atoms with E-state index in [1.807, 2.05) is 31.2 Å². The lowest BCUT2D eigenvalue weighted by Crippen LogP contribution is -2.45. The van der Waals surface area contributed by atoms with Crippen molar-refractivity contribution >= 4 is 27.9 Å². The van der Waals surface area contributed by atoms with Crippen molar-refractivity contribution in [2.24, 2.45) is 0 Å². The highest BCUT2D eigenvalue weighted by molar-refractivity contribution is 9.10. The second-order valence-corrected chi connectivity index (χ2v) is 6.03. The maximum Gasteiger partial charge on any atom is 0.338 e. The third kappa shape index (κ3) is 3.88. The molecule has 2 amide bonds. The minimum atomic E-state index is -0.504. The van der Waals surface area contributed by atoms with Crippen LogP contribution in [0.5, 0.6) is 0 Å². The van der Waals surface area contributed by atoms with Crippen LogP contribution in [0.25, 0.3) is 0 Å². The van der Waals surface area contributed by atoms with Crippen molar-refractivity contribution in [1.82, 2.24) is 10.6 Å². The number of amides is 2. The third-order valence-electron chi connectivity index (χ3n) is 3.42. The van der Waals surface area contributed by atoms with E-state index in [0.29, 0.717) is 17.9 Å². The van der Waals surface area contributed by atoms with Gasteiger partial charge in [0.15, 0.2) is 0 Å². The molecule has 2 rings (SSSR count). The summed E-state index contributed by atoms with van der Waals surface area (Å²) in [7, 11) is 0. The Kier molecular flexibility index (Phi) is 5.60. The molecule has 1 aliphatic rings. The number of hydrogen-bond donors (Lipinski definition) is 2. The summed E-state index contributed by atoms with van der Waals surface area (Å²) in [5.74, 6) is -0.397. The van der Waals surface area contributed by atoms with Gasteiger partial charge in [0.05, 0.1) is 18.2 Å². The predicted molar refractivity (Wildman–Crippen MR) is 87.1 cm³/mol. The van der Waals surface area contributed by atoms with Crippen molar-refractivity contribution < 1.29 is 14.3 Å². The third-order valence-corrected chi connectivity index (χ3v) is 3.95. The summed E-state index contributed by atoms with van der Waals surface area (Å²) < 4.78 is 6.24. The van der Waals surface area contributed by atoms with Gasteiger partial charge in [-0.05, 0) is 31.0 Å². The first-order valence-electron chi connectivity index (χ1n) is 7.23. The van der Waals surface area contributed by atoms with Gasteiger partial charge < -0.3 is 15.4 Å². The SMILES string of the molecule is CCCCOC(=O)C1=C(C)NC(=O)N[C@@H]1c1ccc(Br)cc1. The van der Waals surface area contributed by atoms with Gasteiger partial charge in [-0.3, -0.25) is 0 Å². The quantitative estimate of drug-likeness (QED) is 0.619. The molecule has 22 heavy (non-hydrogen) atoms. The highest BCUT2D eigenvalue weighted by Crippen LogP contribution is 2.28. The lowest BCUT2D eigenvalue weighted by atomic mass is 9.96. The Morgan fingerprint density at radius 3 is 2.64 bits per heavy atom. The molecule has 1 aromatic rings. The Labute approximate surface area is 138 Å². The minimum absolute atomic E-state index is 0.324. The Morgan fingerprint density at radius 1 is 1.32 bits per heavy atom. The number of unbranched alkanes of at least 4 members (excludes halogenated alkanes) is 1. The number of carbonyl (C=O) groups is 2. The maximum atomic E-state index is 12.4. The molecule has 0 unspecified atom stereocenters. The standard InChI is InChI=1S/C16H19BrN2O3/c1-3-4-9-22-15(20)13-10(2)18-16(21)19-14(13)11-5-7-12(17)8-6-11/h5-8,14H,3-4,9H2,1-2H3,(H2,18,19,21)/t14-/m1/s1. The first kappa shape index (κ1) is 16.5. The smallest absolute Gasteiger partial charge is 0.338 e. The summed E-state index contributed by atoms with van der Waals surface area (Å²) in [5.41, 5.74) is 1.80. The molecule has 6 heteroatoms. The van der Waals surface area contributed by atoms with Crippen LogP contribution in [0, 0.1) is 0 Å². The van der Waals surface area contributed by atoms with Crippen LogP contribution in [-0.2, 0) is 9.53 Å². The molecule has 2 N–H and O–H groups in total. The summed E-state index contributed by atoms with van der Waals surface area (Å²) in [4.78, 5) is 24.1. The molecule has 0 fully saturated rings. The first-order valence-corrected chi connectivity index (χ1v) is 8.03. The van der Waals surface area contributed by atoms with Gasteiger partial charge in [-0.1, -0.05) is 41.4 Å². The van der Waals surface area contributed by atoms with Crippen molar-refractivity contribution in [1.29, 1.82) is 0 Å². The molecule has 0 aromatic heterocycles. The number of esters is 1. The Balaban J connectivity index is 2.28. The largest absolute Gasteiger partial charge is 0.462 e. The molecule has 1 aliphatic heterocycles. The molecule has 0 aliphatic carbocycles. The lowest BCUT2D eigenvalue weighted by Gasteiger charge is -2.28. The van der Waals surface area contributed by atoms with Gasteiger partial charge in [0.25, 0.3) is 0 Å². The summed E-state index contributed by atoms with van der Waals surface area (Å²) in [6.07, 6.45) is 1.78. The van der Waals surface area contributed by atoms with Gasteiger partial charge in [-0.15, -0.1) is 0 Å². The summed E-state index contributed by atoms with van der Waals surface area (Å²) in [6.45, 7) is 4.12. The normalized spacial score (nSPS) is 17.8. The number of halogens is 1. The second-order valence-electron chi connectivity index (χ2n) is 5.11. The fraction of sp³-hybridized carbons (Fsp3) is 0.375. The monoisotopic (exact) mass is 366 g/mol. The predicted octanol–water partition coefficient (Wildman–Crippen LogP) is 3.42. The molecule has 0 saturated heterocycles. The van der Waals surface area contributed by atoms with E-state index in [2.05, 4.69) is 26.6 Å². The molecule has 5 nitrogen and oxygen atoms in total. The number of hydrogen-bond acceptors (Lipinski definition) is 3. The van der Waals surface area contributed by atoms with E-state index < -0.39 is 12.0 Å². The Morgan fingerprint density at radius 2 is 2.00 bits per heavy atom. The van der Waals surface area contributed by atoms with E-state index in [9.17, 15) is 9.59 Å². The van der Waals surface area contributed by atoms with Gasteiger partial charge in [-0.2, -0.15) is 0 Å². The van der Waals surface area contributed by atoms with E-state index >= 15 is 0 Å². The van der Waals surface area contributed by atoms with Gasteiger partial charge >= 0.3 is 12.0 Å². The van der Waals surface area contributed by atoms with Crippen LogP contribution in [0.4, 0.5) is 4.79 Å². The van der Waals surface area contributed by atoms with Crippen molar-refractivity contribution in [3.05, 3.63) is 45.6 Å². The molecule has 0 saturated carbocycles. The van der Waals surface area contributed by atoms with Crippen LogP contribution in [-0.4, -0.2) is 18.6 Å². The van der Waals surface area contributed by atoms with E-state index in [4.69, 9.17) is 4.74 Å². The molecule has 1 aromatic carbocycles. The Bertz CT molecular complexity index is 596. The fourth-order valence-corrected chi connectivity index (χ4v) is 2.52. The van der Waals surface area contributed by atoms with Crippen LogP contribution in [0.15, 0.2) is 40.0 Å². The zero-order chi connectivity index (χ0) is 16.1. The molecular weight excluding hydrogens is 348 g/mol. The molecule has 0 radical (unpaired) electrons. The highest BCUT2D eigenvalue weighted by atomic mass is 79.9. The van der Waals surface area contributed by atoms with Crippen LogP contribution in [0.2, 0.25) is 0 Å². The molecule has 1 atom stereocenters. The van der Waals surface area contributed by atoms with Gasteiger partial charge in [0.1, 0.15) is 0 Å². The van der Waals surface area contributed by atoms with Crippen molar-refractivity contribution in [2.75, 3.05) is 6.61 Å². The van der Waals surface area contributed by atoms with Crippen molar-refractivity contribution in [2.45, 2.75) is 32.7 Å². The van der Waals surface area contributed by atoms with Gasteiger partial charge in [0.2, 0.25) is 0 Å². The van der Waals surface area contributed by atoms with E-state index in [1.165, 1.54) is 0 Å². The zero-order valence-corrected chi connectivity index (χ0v) is 14.2. The van der Waals surface area contributed by atoms with Crippen molar-refractivity contribution in [3.8, 4) is 0 Å². The van der Waals surface area contributed by atoms with Crippen LogP contribution in [0.3, 0.4) is 0 Å². The lowest BCUT2D eigenvalue weighted by molar-refractivity contribution is -0.139. The van der Waals surface area contributed by atoms with Gasteiger partial charge in [-0.25, -0.2) is 9.59 Å². The number of urea groups is 1. The molecule has 0 spiro atoms. The van der Waals surface area contributed by atoms with Crippen LogP contribution in [0.1, 0.15) is 38.3 Å². The van der Waals surface area contributed by atoms with Crippen molar-refractivity contribution in [3.63, 3.8) is 0 Å². The summed E-state index contributed by atoms with van der Waals surface area (Å²) in [5, 5.41) is 5.41. The number of nitrogens with one attached hydrogen (secondary N) is 2. The second kappa shape index (κ2) is 7.45. The number of allylic oxidation sites excluding steroid dienone is 1. The highest BCUT2D eigenvalue weighted by Gasteiger charge is 2.32. The van der Waals surface area contributed by atoms with E-state index in [0.717, 1.165) is 22.9 Å². The van der Waals surface area contributed by atoms with Crippen LogP contribution < -0.4 is 10.6 Å². The Hall–Kier alpha value is -1.82. The summed E-state index contributed by atoms with van der Waals surface area (Å²) >= 11 is 3.38. The van der Waals surface area contributed by atoms with E-state index in [1.54, 1.807) is 6.92 Å². The molecule has 0 bridgehead atoms. The zero-order valence-electron chi connectivity index (χ0n) is 12.6. The first-order chi connectivity index (χ1) is 10.5. The molecule has 1 heterocycles. The number of carbonyl (C=O) groups excluding carboxylic acids is 2. The topological polar surface area (TPSA) is 67.4 Å². The molecular formula is C16H19BrN2O3. The average Bonchev–Trinajstić information content (AvgIpc) is 2.47. The van der Waals surface area contributed by atoms with E-state index in [-0.39, 0.29) is 6.03 Å². The molecule has 118 valence electrons. The minimum Gasteiger partial charge on any atom is -0.462 e. The number of ether oxygens (including phenoxy) is 1. The number of benzene rings is 1. The fourth-order valence-electron chi connectivity index (χ4n) is 2.26. The number of rotatable bonds is 5. The van der Waals surface area contributed by atoms with Crippen LogP contribution >= 0.6 is 15.9 Å².